The van der Waals surface area contributed by atoms with Crippen LogP contribution in [0.15, 0.2) is 36.4 Å². The quantitative estimate of drug-likeness (QED) is 0.848. The predicted molar refractivity (Wildman–Crippen MR) is 84.0 cm³/mol. The Bertz CT molecular complexity index is 849. The molecule has 0 spiro atoms. The third-order valence-electron chi connectivity index (χ3n) is 3.60. The summed E-state index contributed by atoms with van der Waals surface area (Å²) in [5.41, 5.74) is 0.800. The first-order valence-corrected chi connectivity index (χ1v) is 7.45. The highest BCUT2D eigenvalue weighted by atomic mass is 16.7. The van der Waals surface area contributed by atoms with Gasteiger partial charge in [-0.1, -0.05) is 0 Å². The zero-order chi connectivity index (χ0) is 17.2. The van der Waals surface area contributed by atoms with Crippen molar-refractivity contribution in [3.8, 4) is 23.0 Å². The Labute approximate surface area is 142 Å². The maximum atomic E-state index is 12.0. The Kier molecular flexibility index (Phi) is 3.77. The number of carbonyl (C=O) groups is 2. The number of carbonyl (C=O) groups excluding carboxylic acids is 2. The molecule has 0 fully saturated rings. The molecule has 0 aliphatic carbocycles. The van der Waals surface area contributed by atoms with Gasteiger partial charge in [-0.2, -0.15) is 0 Å². The van der Waals surface area contributed by atoms with Crippen LogP contribution in [-0.2, 0) is 9.53 Å². The third kappa shape index (κ3) is 3.14. The van der Waals surface area contributed by atoms with Crippen molar-refractivity contribution in [3.63, 3.8) is 0 Å². The molecule has 2 heterocycles. The second-order valence-corrected chi connectivity index (χ2v) is 5.26. The molecule has 0 aromatic heterocycles. The zero-order valence-electron chi connectivity index (χ0n) is 12.9. The van der Waals surface area contributed by atoms with E-state index in [4.69, 9.17) is 23.7 Å². The van der Waals surface area contributed by atoms with Gasteiger partial charge < -0.3 is 29.0 Å². The lowest BCUT2D eigenvalue weighted by Crippen LogP contribution is -2.20. The largest absolute Gasteiger partial charge is 0.454 e. The Hall–Kier alpha value is -3.42. The fourth-order valence-electron chi connectivity index (χ4n) is 2.41. The Morgan fingerprint density at radius 1 is 0.880 bits per heavy atom. The molecule has 1 N–H and O–H groups in total. The van der Waals surface area contributed by atoms with Crippen LogP contribution in [0.25, 0.3) is 0 Å². The molecular weight excluding hydrogens is 330 g/mol. The predicted octanol–water partition coefficient (Wildman–Crippen LogP) is 1.94. The number of amides is 1. The SMILES string of the molecule is O=C(COC(=O)c1ccc2c(c1)OCO2)Nc1ccc2c(c1)OCO2. The van der Waals surface area contributed by atoms with Crippen LogP contribution in [0.2, 0.25) is 0 Å². The third-order valence-corrected chi connectivity index (χ3v) is 3.60. The molecule has 25 heavy (non-hydrogen) atoms. The van der Waals surface area contributed by atoms with Crippen LogP contribution in [0.5, 0.6) is 23.0 Å². The van der Waals surface area contributed by atoms with Crippen LogP contribution >= 0.6 is 0 Å². The van der Waals surface area contributed by atoms with E-state index in [1.165, 1.54) is 6.07 Å². The van der Waals surface area contributed by atoms with E-state index >= 15 is 0 Å². The van der Waals surface area contributed by atoms with Crippen LogP contribution in [-0.4, -0.2) is 32.1 Å². The lowest BCUT2D eigenvalue weighted by atomic mass is 10.2. The maximum absolute atomic E-state index is 12.0. The van der Waals surface area contributed by atoms with Crippen molar-refractivity contribution in [2.45, 2.75) is 0 Å². The average Bonchev–Trinajstić information content (AvgIpc) is 3.27. The van der Waals surface area contributed by atoms with Gasteiger partial charge in [0.1, 0.15) is 0 Å². The number of ether oxygens (including phenoxy) is 5. The van der Waals surface area contributed by atoms with Crippen LogP contribution in [0.4, 0.5) is 5.69 Å². The van der Waals surface area contributed by atoms with Gasteiger partial charge in [0.2, 0.25) is 13.6 Å². The number of benzene rings is 2. The first-order valence-electron chi connectivity index (χ1n) is 7.45. The van der Waals surface area contributed by atoms with Crippen LogP contribution in [0.1, 0.15) is 10.4 Å². The van der Waals surface area contributed by atoms with Crippen molar-refractivity contribution < 1.29 is 33.3 Å². The van der Waals surface area contributed by atoms with Gasteiger partial charge in [0.15, 0.2) is 29.6 Å². The van der Waals surface area contributed by atoms with Crippen LogP contribution < -0.4 is 24.3 Å². The van der Waals surface area contributed by atoms with Gasteiger partial charge in [0.05, 0.1) is 5.56 Å². The molecule has 2 aromatic rings. The molecule has 2 aromatic carbocycles. The summed E-state index contributed by atoms with van der Waals surface area (Å²) in [6, 6.07) is 9.68. The number of nitrogens with one attached hydrogen (secondary N) is 1. The highest BCUT2D eigenvalue weighted by Gasteiger charge is 2.18. The molecule has 128 valence electrons. The van der Waals surface area contributed by atoms with E-state index in [0.29, 0.717) is 28.7 Å². The number of fused-ring (bicyclic) bond motifs is 2. The minimum Gasteiger partial charge on any atom is -0.454 e. The second-order valence-electron chi connectivity index (χ2n) is 5.26. The lowest BCUT2D eigenvalue weighted by Gasteiger charge is -2.07. The van der Waals surface area contributed by atoms with Crippen molar-refractivity contribution in [1.29, 1.82) is 0 Å². The second kappa shape index (κ2) is 6.23. The normalized spacial score (nSPS) is 13.4. The molecule has 4 rings (SSSR count). The summed E-state index contributed by atoms with van der Waals surface area (Å²) >= 11 is 0. The minimum atomic E-state index is -0.626. The molecule has 2 aliphatic rings. The smallest absolute Gasteiger partial charge is 0.338 e. The summed E-state index contributed by atoms with van der Waals surface area (Å²) in [4.78, 5) is 24.0. The summed E-state index contributed by atoms with van der Waals surface area (Å²) in [6.45, 7) is -0.145. The van der Waals surface area contributed by atoms with Gasteiger partial charge in [0.25, 0.3) is 5.91 Å². The van der Waals surface area contributed by atoms with Gasteiger partial charge in [-0.05, 0) is 30.3 Å². The van der Waals surface area contributed by atoms with E-state index < -0.39 is 18.5 Å². The minimum absolute atomic E-state index is 0.117. The number of anilines is 1. The van der Waals surface area contributed by atoms with Crippen molar-refractivity contribution in [2.75, 3.05) is 25.5 Å². The Morgan fingerprint density at radius 2 is 1.52 bits per heavy atom. The summed E-state index contributed by atoms with van der Waals surface area (Å²) in [6.07, 6.45) is 0. The van der Waals surface area contributed by atoms with Gasteiger partial charge >= 0.3 is 5.97 Å². The highest BCUT2D eigenvalue weighted by molar-refractivity contribution is 5.96. The van der Waals surface area contributed by atoms with E-state index in [0.717, 1.165) is 0 Å². The fourth-order valence-corrected chi connectivity index (χ4v) is 2.41. The number of esters is 1. The fraction of sp³-hybridized carbons (Fsp3) is 0.176. The van der Waals surface area contributed by atoms with Gasteiger partial charge in [-0.3, -0.25) is 4.79 Å². The first kappa shape index (κ1) is 15.1. The van der Waals surface area contributed by atoms with Crippen molar-refractivity contribution >= 4 is 17.6 Å². The highest BCUT2D eigenvalue weighted by Crippen LogP contribution is 2.34. The molecule has 0 unspecified atom stereocenters. The zero-order valence-corrected chi connectivity index (χ0v) is 12.9. The number of rotatable bonds is 4. The molecule has 8 heteroatoms. The van der Waals surface area contributed by atoms with E-state index in [1.54, 1.807) is 30.3 Å². The van der Waals surface area contributed by atoms with Crippen molar-refractivity contribution in [3.05, 3.63) is 42.0 Å². The summed E-state index contributed by atoms with van der Waals surface area (Å²) in [5, 5.41) is 2.62. The number of hydrogen-bond donors (Lipinski definition) is 1. The first-order chi connectivity index (χ1) is 12.2. The van der Waals surface area contributed by atoms with Crippen LogP contribution in [0.3, 0.4) is 0 Å². The topological polar surface area (TPSA) is 92.3 Å². The summed E-state index contributed by atoms with van der Waals surface area (Å²) < 4.78 is 25.8. The number of hydrogen-bond acceptors (Lipinski definition) is 7. The van der Waals surface area contributed by atoms with E-state index in [2.05, 4.69) is 5.32 Å². The van der Waals surface area contributed by atoms with E-state index in [9.17, 15) is 9.59 Å². The molecule has 0 radical (unpaired) electrons. The lowest BCUT2D eigenvalue weighted by molar-refractivity contribution is -0.119. The van der Waals surface area contributed by atoms with Gasteiger partial charge in [-0.15, -0.1) is 0 Å². The van der Waals surface area contributed by atoms with E-state index in [-0.39, 0.29) is 19.1 Å². The van der Waals surface area contributed by atoms with E-state index in [1.807, 2.05) is 0 Å². The van der Waals surface area contributed by atoms with Gasteiger partial charge in [-0.25, -0.2) is 4.79 Å². The van der Waals surface area contributed by atoms with Crippen molar-refractivity contribution in [1.82, 2.24) is 0 Å². The van der Waals surface area contributed by atoms with Crippen molar-refractivity contribution in [2.24, 2.45) is 0 Å². The molecule has 2 aliphatic heterocycles. The Balaban J connectivity index is 1.33. The summed E-state index contributed by atoms with van der Waals surface area (Å²) in [5.74, 6) is 1.12. The monoisotopic (exact) mass is 343 g/mol. The molecule has 1 amide bonds. The molecule has 0 saturated heterocycles. The average molecular weight is 343 g/mol. The molecular formula is C17H13NO7. The molecule has 0 bridgehead atoms. The maximum Gasteiger partial charge on any atom is 0.338 e. The molecule has 8 nitrogen and oxygen atoms in total. The van der Waals surface area contributed by atoms with Crippen LogP contribution in [0, 0.1) is 0 Å². The standard InChI is InChI=1S/C17H13NO7/c19-16(18-11-2-4-13-15(6-11)25-9-23-13)7-21-17(20)10-1-3-12-14(5-10)24-8-22-12/h1-6H,7-9H2,(H,18,19). The molecule has 0 saturated carbocycles. The summed E-state index contributed by atoms with van der Waals surface area (Å²) in [7, 11) is 0. The Morgan fingerprint density at radius 3 is 2.28 bits per heavy atom. The van der Waals surface area contributed by atoms with Gasteiger partial charge in [0, 0.05) is 11.8 Å². The molecule has 0 atom stereocenters.